The average molecular weight is 276 g/mol. The maximum atomic E-state index is 2.76. The summed E-state index contributed by atoms with van der Waals surface area (Å²) in [7, 11) is 0. The Hall–Kier alpha value is 0.759. The molecule has 0 aliphatic carbocycles. The van der Waals surface area contributed by atoms with E-state index in [1.54, 1.807) is 4.44 Å². The van der Waals surface area contributed by atoms with Gasteiger partial charge in [-0.15, -0.1) is 0 Å². The van der Waals surface area contributed by atoms with Gasteiger partial charge in [-0.25, -0.2) is 0 Å². The number of hydrogen-bond donors (Lipinski definition) is 0. The van der Waals surface area contributed by atoms with Crippen LogP contribution in [0, 0.1) is 0 Å². The first-order valence-electron chi connectivity index (χ1n) is 5.33. The van der Waals surface area contributed by atoms with Crippen molar-refractivity contribution < 1.29 is 0 Å². The van der Waals surface area contributed by atoms with Crippen LogP contribution in [0.4, 0.5) is 0 Å². The average Bonchev–Trinajstić information content (AvgIpc) is 2.06. The van der Waals surface area contributed by atoms with Crippen LogP contribution in [-0.2, 0) is 0 Å². The van der Waals surface area contributed by atoms with Crippen LogP contribution in [0.25, 0.3) is 0 Å². The molecule has 0 fully saturated rings. The summed E-state index contributed by atoms with van der Waals surface area (Å²) in [6, 6.07) is 0. The fourth-order valence-electron chi connectivity index (χ4n) is 1.22. The summed E-state index contributed by atoms with van der Waals surface area (Å²) >= 11 is -0.141. The monoisotopic (exact) mass is 277 g/mol. The molecule has 0 unspecified atom stereocenters. The third-order valence-corrected chi connectivity index (χ3v) is 6.05. The molecule has 12 heavy (non-hydrogen) atoms. The molecule has 0 bridgehead atoms. The van der Waals surface area contributed by atoms with Crippen LogP contribution in [0.1, 0.15) is 46.5 Å². The topological polar surface area (TPSA) is 3.24 Å². The predicted molar refractivity (Wildman–Crippen MR) is 57.6 cm³/mol. The number of unbranched alkanes of at least 4 members (excludes halogenated alkanes) is 1. The molecule has 0 aromatic heterocycles. The molecular weight excluding hydrogens is 253 g/mol. The van der Waals surface area contributed by atoms with Gasteiger partial charge >= 0.3 is 88.5 Å². The summed E-state index contributed by atoms with van der Waals surface area (Å²) in [5.74, 6) is 0. The molecule has 72 valence electrons. The molecule has 0 amide bonds. The molecule has 0 saturated carbocycles. The predicted octanol–water partition coefficient (Wildman–Crippen LogP) is 2.95. The van der Waals surface area contributed by atoms with E-state index in [1.807, 2.05) is 0 Å². The zero-order chi connectivity index (χ0) is 9.23. The zero-order valence-electron chi connectivity index (χ0n) is 8.90. The van der Waals surface area contributed by atoms with E-state index in [0.29, 0.717) is 0 Å². The van der Waals surface area contributed by atoms with E-state index >= 15 is 0 Å². The number of hydrogen-bond acceptors (Lipinski definition) is 1. The Labute approximate surface area is 88.5 Å². The number of nitrogens with zero attached hydrogens (tertiary/aromatic N) is 1. The van der Waals surface area contributed by atoms with Crippen LogP contribution in [-0.4, -0.2) is 37.6 Å². The molecule has 0 saturated heterocycles. The second kappa shape index (κ2) is 9.84. The third-order valence-electron chi connectivity index (χ3n) is 1.85. The van der Waals surface area contributed by atoms with Crippen molar-refractivity contribution in [1.29, 1.82) is 0 Å². The Morgan fingerprint density at radius 3 is 1.92 bits per heavy atom. The fourth-order valence-corrected chi connectivity index (χ4v) is 5.77. The zero-order valence-corrected chi connectivity index (χ0v) is 11.8. The van der Waals surface area contributed by atoms with Gasteiger partial charge in [0.25, 0.3) is 0 Å². The molecule has 0 N–H and O–H groups in total. The first-order valence-corrected chi connectivity index (χ1v) is 8.63. The second-order valence-electron chi connectivity index (χ2n) is 3.25. The van der Waals surface area contributed by atoms with Crippen molar-refractivity contribution in [2.24, 2.45) is 0 Å². The van der Waals surface area contributed by atoms with Crippen molar-refractivity contribution >= 4 is 21.4 Å². The second-order valence-corrected chi connectivity index (χ2v) is 7.38. The molecule has 0 aromatic carbocycles. The molecule has 0 spiro atoms. The van der Waals surface area contributed by atoms with Crippen LogP contribution < -0.4 is 0 Å². The van der Waals surface area contributed by atoms with E-state index in [0.717, 1.165) is 0 Å². The van der Waals surface area contributed by atoms with Gasteiger partial charge in [0, 0.05) is 0 Å². The van der Waals surface area contributed by atoms with Crippen molar-refractivity contribution in [2.75, 3.05) is 13.1 Å². The molecular formula is C10H23NSn. The molecule has 2 heteroatoms. The van der Waals surface area contributed by atoms with Crippen molar-refractivity contribution in [3.05, 3.63) is 0 Å². The van der Waals surface area contributed by atoms with Crippen LogP contribution in [0.3, 0.4) is 0 Å². The van der Waals surface area contributed by atoms with Gasteiger partial charge in [-0.1, -0.05) is 0 Å². The van der Waals surface area contributed by atoms with Crippen molar-refractivity contribution in [2.45, 2.75) is 50.9 Å². The molecule has 0 heterocycles. The first kappa shape index (κ1) is 12.8. The molecule has 0 aliphatic heterocycles. The summed E-state index contributed by atoms with van der Waals surface area (Å²) in [6.45, 7) is 9.61. The summed E-state index contributed by atoms with van der Waals surface area (Å²) in [5.41, 5.74) is 0. The fraction of sp³-hybridized carbons (Fsp3) is 1.00. The molecule has 0 rings (SSSR count). The van der Waals surface area contributed by atoms with E-state index in [9.17, 15) is 0 Å². The Kier molecular flexibility index (Phi) is 10.5. The minimum absolute atomic E-state index is 0.141. The Balaban J connectivity index is 3.34. The SMILES string of the molecule is CCC[CH2][Sn][N](CCC)CCC. The molecule has 0 aliphatic rings. The molecule has 0 aromatic rings. The Morgan fingerprint density at radius 1 is 0.917 bits per heavy atom. The van der Waals surface area contributed by atoms with Crippen LogP contribution in [0.15, 0.2) is 0 Å². The quantitative estimate of drug-likeness (QED) is 0.486. The summed E-state index contributed by atoms with van der Waals surface area (Å²) in [5, 5.41) is 0. The van der Waals surface area contributed by atoms with Crippen molar-refractivity contribution in [3.63, 3.8) is 0 Å². The normalized spacial score (nSPS) is 11.0. The molecule has 0 atom stereocenters. The standard InChI is InChI=1S/C6H14N.C4H9.Sn/c1-3-5-7-6-4-2;1-3-4-2;/h3-6H2,1-2H3;1,3-4H2,2H3;/q-1;;+1. The van der Waals surface area contributed by atoms with E-state index in [2.05, 4.69) is 23.9 Å². The minimum atomic E-state index is -0.141. The number of rotatable bonds is 8. The van der Waals surface area contributed by atoms with E-state index in [4.69, 9.17) is 0 Å². The van der Waals surface area contributed by atoms with Gasteiger partial charge in [-0.2, -0.15) is 0 Å². The summed E-state index contributed by atoms with van der Waals surface area (Å²) < 4.78 is 4.32. The van der Waals surface area contributed by atoms with E-state index in [1.165, 1.54) is 38.8 Å². The van der Waals surface area contributed by atoms with E-state index < -0.39 is 0 Å². The molecule has 2 radical (unpaired) electrons. The van der Waals surface area contributed by atoms with Gasteiger partial charge in [-0.05, 0) is 0 Å². The van der Waals surface area contributed by atoms with Gasteiger partial charge in [-0.3, -0.25) is 0 Å². The molecule has 1 nitrogen and oxygen atoms in total. The van der Waals surface area contributed by atoms with E-state index in [-0.39, 0.29) is 21.4 Å². The van der Waals surface area contributed by atoms with Gasteiger partial charge in [0.15, 0.2) is 0 Å². The van der Waals surface area contributed by atoms with Gasteiger partial charge in [0.05, 0.1) is 0 Å². The first-order chi connectivity index (χ1) is 5.85. The van der Waals surface area contributed by atoms with Gasteiger partial charge in [0.2, 0.25) is 0 Å². The van der Waals surface area contributed by atoms with Crippen LogP contribution in [0.5, 0.6) is 0 Å². The van der Waals surface area contributed by atoms with Crippen molar-refractivity contribution in [3.8, 4) is 0 Å². The summed E-state index contributed by atoms with van der Waals surface area (Å²) in [4.78, 5) is 0. The van der Waals surface area contributed by atoms with Crippen LogP contribution in [0.2, 0.25) is 4.44 Å². The Morgan fingerprint density at radius 2 is 1.50 bits per heavy atom. The van der Waals surface area contributed by atoms with Crippen LogP contribution >= 0.6 is 0 Å². The van der Waals surface area contributed by atoms with Gasteiger partial charge < -0.3 is 0 Å². The van der Waals surface area contributed by atoms with Gasteiger partial charge in [0.1, 0.15) is 0 Å². The summed E-state index contributed by atoms with van der Waals surface area (Å²) in [6.07, 6.45) is 5.53. The third kappa shape index (κ3) is 7.41. The van der Waals surface area contributed by atoms with Crippen molar-refractivity contribution in [1.82, 2.24) is 3.12 Å². The maximum absolute atomic E-state index is 2.76. The Bertz CT molecular complexity index is 79.9.